The fourth-order valence-corrected chi connectivity index (χ4v) is 2.47. The van der Waals surface area contributed by atoms with Gasteiger partial charge in [-0.1, -0.05) is 0 Å². The van der Waals surface area contributed by atoms with E-state index in [2.05, 4.69) is 4.18 Å². The minimum Gasteiger partial charge on any atom is -0.380 e. The molecule has 2 rings (SSSR count). The van der Waals surface area contributed by atoms with Crippen molar-refractivity contribution >= 4 is 38.9 Å². The van der Waals surface area contributed by atoms with Crippen molar-refractivity contribution in [3.8, 4) is 5.75 Å². The largest absolute Gasteiger partial charge is 0.380 e. The van der Waals surface area contributed by atoms with Gasteiger partial charge in [-0.15, -0.1) is 0 Å². The van der Waals surface area contributed by atoms with Crippen molar-refractivity contribution in [3.63, 3.8) is 0 Å². The second-order valence-electron chi connectivity index (χ2n) is 3.40. The van der Waals surface area contributed by atoms with Crippen LogP contribution >= 0.6 is 0 Å². The van der Waals surface area contributed by atoms with Crippen LogP contribution in [0.4, 0.5) is 5.69 Å². The highest BCUT2D eigenvalue weighted by Crippen LogP contribution is 2.34. The third-order valence-corrected chi connectivity index (χ3v) is 3.42. The first-order valence-electron chi connectivity index (χ1n) is 4.50. The lowest BCUT2D eigenvalue weighted by Crippen LogP contribution is -2.12. The maximum absolute atomic E-state index is 11.4. The van der Waals surface area contributed by atoms with Crippen molar-refractivity contribution < 1.29 is 35.5 Å². The van der Waals surface area contributed by atoms with Gasteiger partial charge in [0.1, 0.15) is 10.6 Å². The van der Waals surface area contributed by atoms with E-state index in [-0.39, 0.29) is 5.56 Å². The van der Waals surface area contributed by atoms with Crippen LogP contribution in [0, 0.1) is 0 Å². The monoisotopic (exact) mass is 307 g/mol. The van der Waals surface area contributed by atoms with Gasteiger partial charge in [0.2, 0.25) is 0 Å². The lowest BCUT2D eigenvalue weighted by Gasteiger charge is -2.07. The van der Waals surface area contributed by atoms with E-state index < -0.39 is 49.5 Å². The van der Waals surface area contributed by atoms with E-state index in [4.69, 9.17) is 9.11 Å². The normalized spacial score (nSPS) is 15.9. The van der Waals surface area contributed by atoms with Crippen LogP contribution in [0.25, 0.3) is 0 Å². The van der Waals surface area contributed by atoms with E-state index in [1.807, 2.05) is 5.32 Å². The Morgan fingerprint density at radius 1 is 1.26 bits per heavy atom. The van der Waals surface area contributed by atoms with Crippen LogP contribution < -0.4 is 9.50 Å². The average Bonchev–Trinajstić information content (AvgIpc) is 2.53. The topological polar surface area (TPSA) is 147 Å². The van der Waals surface area contributed by atoms with Crippen LogP contribution in [0.3, 0.4) is 0 Å². The van der Waals surface area contributed by atoms with Crippen molar-refractivity contribution in [2.24, 2.45) is 0 Å². The van der Waals surface area contributed by atoms with Gasteiger partial charge in [-0.05, 0) is 6.07 Å². The molecule has 0 saturated heterocycles. The minimum absolute atomic E-state index is 0.374. The number of fused-ring (bicyclic) bond motifs is 1. The molecule has 1 aromatic carbocycles. The van der Waals surface area contributed by atoms with Gasteiger partial charge in [-0.25, -0.2) is 0 Å². The summed E-state index contributed by atoms with van der Waals surface area (Å²) in [5, 5.41) is 1.98. The molecule has 19 heavy (non-hydrogen) atoms. The van der Waals surface area contributed by atoms with Crippen LogP contribution in [-0.2, 0) is 26.3 Å². The molecule has 9 nitrogen and oxygen atoms in total. The molecule has 102 valence electrons. The van der Waals surface area contributed by atoms with Crippen LogP contribution in [0.15, 0.2) is 17.0 Å². The first-order valence-corrected chi connectivity index (χ1v) is 6.97. The number of hydrogen-bond acceptors (Lipinski definition) is 6. The Labute approximate surface area is 108 Å². The molecule has 0 fully saturated rings. The Bertz CT molecular complexity index is 723. The number of nitrogens with one attached hydrogen (secondary N) is 1. The molecule has 1 aromatic rings. The van der Waals surface area contributed by atoms with E-state index >= 15 is 0 Å². The standard InChI is InChI=1S/C8H5NO8S2/c10-7-4-1-3(17-18(12)13)2-5(19(14,15)16)6(4)9-8(7)11/h1-2H,(H,12,13)(H,9,10,11)(H,14,15,16). The molecule has 1 aliphatic heterocycles. The third-order valence-electron chi connectivity index (χ3n) is 2.21. The Hall–Kier alpha value is -1.82. The predicted molar refractivity (Wildman–Crippen MR) is 60.6 cm³/mol. The molecule has 3 N–H and O–H groups in total. The van der Waals surface area contributed by atoms with E-state index in [0.717, 1.165) is 6.07 Å². The van der Waals surface area contributed by atoms with Crippen molar-refractivity contribution in [1.82, 2.24) is 0 Å². The second kappa shape index (κ2) is 4.38. The van der Waals surface area contributed by atoms with Gasteiger partial charge in [-0.2, -0.15) is 12.6 Å². The van der Waals surface area contributed by atoms with Gasteiger partial charge in [0, 0.05) is 6.07 Å². The summed E-state index contributed by atoms with van der Waals surface area (Å²) in [7, 11) is -4.76. The number of benzene rings is 1. The number of ketones is 1. The number of carbonyl (C=O) groups excluding carboxylic acids is 2. The molecule has 0 bridgehead atoms. The zero-order valence-electron chi connectivity index (χ0n) is 8.82. The van der Waals surface area contributed by atoms with Crippen LogP contribution in [0.5, 0.6) is 5.75 Å². The van der Waals surface area contributed by atoms with Crippen LogP contribution in [0.1, 0.15) is 10.4 Å². The molecule has 0 saturated carbocycles. The molecule has 1 unspecified atom stereocenters. The molecule has 1 aliphatic rings. The first-order chi connectivity index (χ1) is 8.70. The van der Waals surface area contributed by atoms with E-state index in [1.165, 1.54) is 0 Å². The number of rotatable bonds is 3. The van der Waals surface area contributed by atoms with Gasteiger partial charge < -0.3 is 9.50 Å². The lowest BCUT2D eigenvalue weighted by atomic mass is 10.1. The molecule has 0 spiro atoms. The van der Waals surface area contributed by atoms with E-state index in [9.17, 15) is 22.2 Å². The molecule has 0 radical (unpaired) electrons. The Morgan fingerprint density at radius 3 is 2.42 bits per heavy atom. The number of amides is 1. The summed E-state index contributed by atoms with van der Waals surface area (Å²) in [6.07, 6.45) is 0. The summed E-state index contributed by atoms with van der Waals surface area (Å²) in [6.45, 7) is 0. The van der Waals surface area contributed by atoms with Gasteiger partial charge in [0.05, 0.1) is 11.3 Å². The fraction of sp³-hybridized carbons (Fsp3) is 0. The highest BCUT2D eigenvalue weighted by atomic mass is 32.2. The quantitative estimate of drug-likeness (QED) is 0.387. The summed E-state index contributed by atoms with van der Waals surface area (Å²) in [6, 6.07) is 1.62. The van der Waals surface area contributed by atoms with E-state index in [1.54, 1.807) is 0 Å². The Morgan fingerprint density at radius 2 is 1.89 bits per heavy atom. The Balaban J connectivity index is 2.71. The summed E-state index contributed by atoms with van der Waals surface area (Å²) in [5.41, 5.74) is -0.769. The lowest BCUT2D eigenvalue weighted by molar-refractivity contribution is -0.112. The maximum Gasteiger partial charge on any atom is 0.357 e. The minimum atomic E-state index is -4.76. The fourth-order valence-electron chi connectivity index (χ4n) is 1.52. The smallest absolute Gasteiger partial charge is 0.357 e. The molecule has 0 aromatic heterocycles. The first kappa shape index (κ1) is 13.6. The summed E-state index contributed by atoms with van der Waals surface area (Å²) in [5.74, 6) is -2.59. The summed E-state index contributed by atoms with van der Waals surface area (Å²) < 4.78 is 54.6. The second-order valence-corrected chi connectivity index (χ2v) is 5.39. The average molecular weight is 307 g/mol. The molecule has 1 amide bonds. The number of anilines is 1. The zero-order chi connectivity index (χ0) is 14.4. The highest BCUT2D eigenvalue weighted by Gasteiger charge is 2.34. The maximum atomic E-state index is 11.4. The molecular formula is C8H5NO8S2. The van der Waals surface area contributed by atoms with Crippen LogP contribution in [0.2, 0.25) is 0 Å². The SMILES string of the molecule is O=C1Nc2c(cc(OS(=O)O)cc2S(=O)(=O)O)C1=O. The zero-order valence-corrected chi connectivity index (χ0v) is 10.4. The highest BCUT2D eigenvalue weighted by molar-refractivity contribution is 7.86. The number of hydrogen-bond donors (Lipinski definition) is 3. The van der Waals surface area contributed by atoms with E-state index in [0.29, 0.717) is 6.07 Å². The van der Waals surface area contributed by atoms with Crippen molar-refractivity contribution in [1.29, 1.82) is 0 Å². The number of carbonyl (C=O) groups is 2. The molecule has 11 heteroatoms. The molecule has 1 heterocycles. The van der Waals surface area contributed by atoms with Crippen molar-refractivity contribution in [3.05, 3.63) is 17.7 Å². The van der Waals surface area contributed by atoms with Crippen molar-refractivity contribution in [2.75, 3.05) is 5.32 Å². The van der Waals surface area contributed by atoms with Gasteiger partial charge in [0.25, 0.3) is 21.8 Å². The van der Waals surface area contributed by atoms with Crippen LogP contribution in [-0.4, -0.2) is 33.4 Å². The molecule has 1 atom stereocenters. The number of Topliss-reactive ketones (excluding diaryl/α,β-unsaturated/α-hetero) is 1. The predicted octanol–water partition coefficient (Wildman–Crippen LogP) is -0.416. The molecule has 0 aliphatic carbocycles. The van der Waals surface area contributed by atoms with Gasteiger partial charge in [-0.3, -0.25) is 18.7 Å². The third kappa shape index (κ3) is 2.49. The van der Waals surface area contributed by atoms with Crippen molar-refractivity contribution in [2.45, 2.75) is 4.90 Å². The van der Waals surface area contributed by atoms with Gasteiger partial charge >= 0.3 is 11.4 Å². The molecular weight excluding hydrogens is 302 g/mol. The van der Waals surface area contributed by atoms with Gasteiger partial charge in [0.15, 0.2) is 0 Å². The Kier molecular flexibility index (Phi) is 3.14. The summed E-state index contributed by atoms with van der Waals surface area (Å²) in [4.78, 5) is 21.8. The summed E-state index contributed by atoms with van der Waals surface area (Å²) >= 11 is -2.76.